The van der Waals surface area contributed by atoms with E-state index in [-0.39, 0.29) is 5.91 Å². The predicted molar refractivity (Wildman–Crippen MR) is 90.5 cm³/mol. The molecular formula is C17H18BrNO3. The van der Waals surface area contributed by atoms with E-state index in [1.807, 2.05) is 37.3 Å². The van der Waals surface area contributed by atoms with Crippen LogP contribution in [0.1, 0.15) is 17.3 Å². The van der Waals surface area contributed by atoms with E-state index in [2.05, 4.69) is 21.2 Å². The molecule has 4 nitrogen and oxygen atoms in total. The van der Waals surface area contributed by atoms with Crippen LogP contribution in [0.3, 0.4) is 0 Å². The SMILES string of the molecule is CCOCCOc1cccc(NC(=O)c2cccc(Br)c2)c1. The molecule has 116 valence electrons. The summed E-state index contributed by atoms with van der Waals surface area (Å²) in [4.78, 5) is 12.2. The Bertz CT molecular complexity index is 631. The standard InChI is InChI=1S/C17H18BrNO3/c1-2-21-9-10-22-16-8-4-7-15(12-16)19-17(20)13-5-3-6-14(18)11-13/h3-8,11-12H,2,9-10H2,1H3,(H,19,20). The molecule has 1 amide bonds. The summed E-state index contributed by atoms with van der Waals surface area (Å²) in [6.07, 6.45) is 0. The van der Waals surface area contributed by atoms with E-state index in [0.29, 0.717) is 36.8 Å². The van der Waals surface area contributed by atoms with E-state index in [9.17, 15) is 4.79 Å². The van der Waals surface area contributed by atoms with Gasteiger partial charge in [0, 0.05) is 28.4 Å². The van der Waals surface area contributed by atoms with Gasteiger partial charge < -0.3 is 14.8 Å². The average Bonchev–Trinajstić information content (AvgIpc) is 2.52. The maximum Gasteiger partial charge on any atom is 0.255 e. The summed E-state index contributed by atoms with van der Waals surface area (Å²) >= 11 is 3.36. The van der Waals surface area contributed by atoms with E-state index >= 15 is 0 Å². The number of hydrogen-bond acceptors (Lipinski definition) is 3. The summed E-state index contributed by atoms with van der Waals surface area (Å²) in [7, 11) is 0. The van der Waals surface area contributed by atoms with Gasteiger partial charge in [0.2, 0.25) is 0 Å². The van der Waals surface area contributed by atoms with Gasteiger partial charge in [-0.3, -0.25) is 4.79 Å². The smallest absolute Gasteiger partial charge is 0.255 e. The van der Waals surface area contributed by atoms with Crippen LogP contribution >= 0.6 is 15.9 Å². The third-order valence-corrected chi connectivity index (χ3v) is 3.37. The Balaban J connectivity index is 1.96. The Morgan fingerprint density at radius 2 is 1.95 bits per heavy atom. The number of anilines is 1. The Kier molecular flexibility index (Phi) is 6.43. The van der Waals surface area contributed by atoms with Gasteiger partial charge in [0.25, 0.3) is 5.91 Å². The van der Waals surface area contributed by atoms with Gasteiger partial charge in [-0.15, -0.1) is 0 Å². The molecule has 0 unspecified atom stereocenters. The first kappa shape index (κ1) is 16.5. The van der Waals surface area contributed by atoms with Gasteiger partial charge in [0.1, 0.15) is 12.4 Å². The zero-order valence-corrected chi connectivity index (χ0v) is 13.9. The van der Waals surface area contributed by atoms with Crippen LogP contribution in [0.5, 0.6) is 5.75 Å². The van der Waals surface area contributed by atoms with Crippen molar-refractivity contribution in [3.05, 3.63) is 58.6 Å². The molecule has 0 aliphatic carbocycles. The molecule has 2 aromatic carbocycles. The van der Waals surface area contributed by atoms with Crippen LogP contribution in [-0.4, -0.2) is 25.7 Å². The van der Waals surface area contributed by atoms with Crippen molar-refractivity contribution in [2.24, 2.45) is 0 Å². The number of rotatable bonds is 7. The van der Waals surface area contributed by atoms with Crippen molar-refractivity contribution in [2.75, 3.05) is 25.1 Å². The van der Waals surface area contributed by atoms with Crippen LogP contribution in [0.15, 0.2) is 53.0 Å². The highest BCUT2D eigenvalue weighted by Crippen LogP contribution is 2.19. The van der Waals surface area contributed by atoms with Crippen molar-refractivity contribution in [3.8, 4) is 5.75 Å². The molecule has 2 aromatic rings. The molecule has 0 heterocycles. The van der Waals surface area contributed by atoms with Crippen LogP contribution < -0.4 is 10.1 Å². The third kappa shape index (κ3) is 5.16. The Hall–Kier alpha value is -1.85. The van der Waals surface area contributed by atoms with Gasteiger partial charge in [0.15, 0.2) is 0 Å². The second kappa shape index (κ2) is 8.56. The van der Waals surface area contributed by atoms with Crippen LogP contribution in [0.4, 0.5) is 5.69 Å². The summed E-state index contributed by atoms with van der Waals surface area (Å²) < 4.78 is 11.7. The van der Waals surface area contributed by atoms with Gasteiger partial charge in [-0.05, 0) is 37.3 Å². The van der Waals surface area contributed by atoms with Gasteiger partial charge >= 0.3 is 0 Å². The van der Waals surface area contributed by atoms with Crippen molar-refractivity contribution in [1.29, 1.82) is 0 Å². The van der Waals surface area contributed by atoms with E-state index in [1.165, 1.54) is 0 Å². The zero-order chi connectivity index (χ0) is 15.8. The first-order chi connectivity index (χ1) is 10.7. The van der Waals surface area contributed by atoms with Crippen molar-refractivity contribution in [3.63, 3.8) is 0 Å². The predicted octanol–water partition coefficient (Wildman–Crippen LogP) is 4.12. The van der Waals surface area contributed by atoms with Crippen molar-refractivity contribution in [1.82, 2.24) is 0 Å². The highest BCUT2D eigenvalue weighted by Gasteiger charge is 2.07. The molecule has 0 radical (unpaired) electrons. The van der Waals surface area contributed by atoms with Gasteiger partial charge in [0.05, 0.1) is 6.61 Å². The fourth-order valence-corrected chi connectivity index (χ4v) is 2.26. The number of hydrogen-bond donors (Lipinski definition) is 1. The van der Waals surface area contributed by atoms with E-state index in [1.54, 1.807) is 18.2 Å². The fourth-order valence-electron chi connectivity index (χ4n) is 1.86. The third-order valence-electron chi connectivity index (χ3n) is 2.88. The zero-order valence-electron chi connectivity index (χ0n) is 12.3. The summed E-state index contributed by atoms with van der Waals surface area (Å²) in [5.41, 5.74) is 1.29. The van der Waals surface area contributed by atoms with Crippen molar-refractivity contribution in [2.45, 2.75) is 6.92 Å². The lowest BCUT2D eigenvalue weighted by Crippen LogP contribution is -2.12. The summed E-state index contributed by atoms with van der Waals surface area (Å²) in [5, 5.41) is 2.86. The normalized spacial score (nSPS) is 10.3. The fraction of sp³-hybridized carbons (Fsp3) is 0.235. The molecule has 2 rings (SSSR count). The van der Waals surface area contributed by atoms with Crippen molar-refractivity contribution < 1.29 is 14.3 Å². The summed E-state index contributed by atoms with van der Waals surface area (Å²) in [6, 6.07) is 14.6. The van der Waals surface area contributed by atoms with E-state index in [0.717, 1.165) is 4.47 Å². The van der Waals surface area contributed by atoms with Crippen LogP contribution in [-0.2, 0) is 4.74 Å². The second-order valence-corrected chi connectivity index (χ2v) is 5.45. The molecule has 0 bridgehead atoms. The molecule has 0 aromatic heterocycles. The minimum absolute atomic E-state index is 0.159. The molecule has 0 aliphatic rings. The lowest BCUT2D eigenvalue weighted by Gasteiger charge is -2.09. The molecule has 0 fully saturated rings. The number of nitrogens with one attached hydrogen (secondary N) is 1. The highest BCUT2D eigenvalue weighted by atomic mass is 79.9. The maximum absolute atomic E-state index is 12.2. The minimum Gasteiger partial charge on any atom is -0.491 e. The van der Waals surface area contributed by atoms with Gasteiger partial charge in [-0.2, -0.15) is 0 Å². The molecule has 0 aliphatic heterocycles. The first-order valence-corrected chi connectivity index (χ1v) is 7.86. The summed E-state index contributed by atoms with van der Waals surface area (Å²) in [6.45, 7) is 3.65. The largest absolute Gasteiger partial charge is 0.491 e. The number of ether oxygens (including phenoxy) is 2. The molecule has 0 saturated carbocycles. The molecule has 5 heteroatoms. The highest BCUT2D eigenvalue weighted by molar-refractivity contribution is 9.10. The number of carbonyl (C=O) groups is 1. The topological polar surface area (TPSA) is 47.6 Å². The maximum atomic E-state index is 12.2. The molecule has 0 spiro atoms. The molecular weight excluding hydrogens is 346 g/mol. The second-order valence-electron chi connectivity index (χ2n) is 4.54. The number of halogens is 1. The minimum atomic E-state index is -0.159. The lowest BCUT2D eigenvalue weighted by molar-refractivity contribution is 0.102. The van der Waals surface area contributed by atoms with Gasteiger partial charge in [-0.25, -0.2) is 0 Å². The number of carbonyl (C=O) groups excluding carboxylic acids is 1. The summed E-state index contributed by atoms with van der Waals surface area (Å²) in [5.74, 6) is 0.541. The Morgan fingerprint density at radius 1 is 1.14 bits per heavy atom. The molecule has 22 heavy (non-hydrogen) atoms. The van der Waals surface area contributed by atoms with Crippen LogP contribution in [0.2, 0.25) is 0 Å². The van der Waals surface area contributed by atoms with Crippen LogP contribution in [0.25, 0.3) is 0 Å². The number of benzene rings is 2. The van der Waals surface area contributed by atoms with Gasteiger partial charge in [-0.1, -0.05) is 28.1 Å². The number of amides is 1. The monoisotopic (exact) mass is 363 g/mol. The van der Waals surface area contributed by atoms with Crippen LogP contribution in [0, 0.1) is 0 Å². The lowest BCUT2D eigenvalue weighted by atomic mass is 10.2. The molecule has 1 N–H and O–H groups in total. The van der Waals surface area contributed by atoms with Crippen molar-refractivity contribution >= 4 is 27.5 Å². The average molecular weight is 364 g/mol. The Morgan fingerprint density at radius 3 is 2.73 bits per heavy atom. The first-order valence-electron chi connectivity index (χ1n) is 7.06. The quantitative estimate of drug-likeness (QED) is 0.752. The molecule has 0 atom stereocenters. The van der Waals surface area contributed by atoms with E-state index < -0.39 is 0 Å². The Labute approximate surface area is 138 Å². The van der Waals surface area contributed by atoms with E-state index in [4.69, 9.17) is 9.47 Å². The molecule has 0 saturated heterocycles.